The molecule has 1 heterocycles. The van der Waals surface area contributed by atoms with Crippen LogP contribution in [0.5, 0.6) is 28.7 Å². The quantitative estimate of drug-likeness (QED) is 0.194. The molecule has 1 aromatic heterocycles. The molecule has 6 atom stereocenters. The molecule has 10 heteroatoms. The normalized spacial score (nSPS) is 23.2. The number of aromatic hydroxyl groups is 2. The Bertz CT molecular complexity index is 1220. The first-order chi connectivity index (χ1) is 19.8. The zero-order valence-corrected chi connectivity index (χ0v) is 23.6. The van der Waals surface area contributed by atoms with E-state index >= 15 is 0 Å². The molecule has 0 aliphatic heterocycles. The Kier molecular flexibility index (Phi) is 10.4. The number of methoxy groups -OCH3 is 3. The van der Waals surface area contributed by atoms with Crippen LogP contribution in [0.2, 0.25) is 0 Å². The Labute approximate surface area is 240 Å². The zero-order chi connectivity index (χ0) is 29.5. The number of phenols is 2. The van der Waals surface area contributed by atoms with E-state index in [1.54, 1.807) is 36.5 Å². The SMILES string of the molecule is COc1cc(CCC(OCO)C2C(Cc3ccc[n-]3)CC(O)C(Cc3cc(OC)c(O)c(OC)c3)C2O)ccc1O. The van der Waals surface area contributed by atoms with Crippen molar-refractivity contribution in [3.8, 4) is 28.7 Å². The van der Waals surface area contributed by atoms with Crippen molar-refractivity contribution in [3.05, 3.63) is 65.5 Å². The summed E-state index contributed by atoms with van der Waals surface area (Å²) in [6.45, 7) is -0.520. The first-order valence-electron chi connectivity index (χ1n) is 13.7. The van der Waals surface area contributed by atoms with Gasteiger partial charge in [-0.3, -0.25) is 0 Å². The topological polar surface area (TPSA) is 152 Å². The highest BCUT2D eigenvalue weighted by Crippen LogP contribution is 2.43. The smallest absolute Gasteiger partial charge is 0.200 e. The van der Waals surface area contributed by atoms with Gasteiger partial charge >= 0.3 is 0 Å². The van der Waals surface area contributed by atoms with E-state index in [9.17, 15) is 25.5 Å². The number of nitrogens with zero attached hydrogens (tertiary/aromatic N) is 1. The number of benzene rings is 2. The molecule has 6 unspecified atom stereocenters. The van der Waals surface area contributed by atoms with Gasteiger partial charge in [-0.05, 0) is 73.4 Å². The maximum absolute atomic E-state index is 11.9. The zero-order valence-electron chi connectivity index (χ0n) is 23.6. The molecule has 1 fully saturated rings. The molecular weight excluding hydrogens is 530 g/mol. The van der Waals surface area contributed by atoms with Gasteiger partial charge in [-0.1, -0.05) is 18.2 Å². The Morgan fingerprint density at radius 2 is 1.59 bits per heavy atom. The summed E-state index contributed by atoms with van der Waals surface area (Å²) in [5.41, 5.74) is 2.49. The van der Waals surface area contributed by atoms with Crippen molar-refractivity contribution in [2.75, 3.05) is 28.1 Å². The van der Waals surface area contributed by atoms with E-state index in [0.717, 1.165) is 16.8 Å². The molecule has 1 aliphatic rings. The van der Waals surface area contributed by atoms with Gasteiger partial charge in [0, 0.05) is 11.8 Å². The first kappa shape index (κ1) is 30.5. The molecule has 0 spiro atoms. The summed E-state index contributed by atoms with van der Waals surface area (Å²) < 4.78 is 21.7. The predicted octanol–water partition coefficient (Wildman–Crippen LogP) is 2.81. The molecule has 0 radical (unpaired) electrons. The van der Waals surface area contributed by atoms with Crippen LogP contribution in [-0.4, -0.2) is 72.0 Å². The fraction of sp³-hybridized carbons (Fsp3) is 0.484. The maximum atomic E-state index is 11.9. The summed E-state index contributed by atoms with van der Waals surface area (Å²) in [4.78, 5) is 4.41. The highest BCUT2D eigenvalue weighted by molar-refractivity contribution is 5.53. The molecule has 4 rings (SSSR count). The Balaban J connectivity index is 1.63. The van der Waals surface area contributed by atoms with Gasteiger partial charge in [0.1, 0.15) is 6.79 Å². The third-order valence-electron chi connectivity index (χ3n) is 8.19. The highest BCUT2D eigenvalue weighted by atomic mass is 16.6. The van der Waals surface area contributed by atoms with Gasteiger partial charge in [0.05, 0.1) is 39.6 Å². The van der Waals surface area contributed by atoms with E-state index in [1.165, 1.54) is 21.3 Å². The number of aromatic nitrogens is 1. The van der Waals surface area contributed by atoms with Crippen LogP contribution in [0.15, 0.2) is 48.7 Å². The van der Waals surface area contributed by atoms with Crippen LogP contribution in [-0.2, 0) is 24.0 Å². The standard InChI is InChI=1S/C31H40NO9/c1-38-26-12-18(6-8-23(26)34)7-9-25(41-17-33)29-20(15-21-5-4-10-32-21)16-24(35)22(30(29)36)11-19-13-27(39-2)31(37)28(14-19)40-3/h4-6,8,10,12-14,20,22,24-25,29-30,33-37H,7,9,11,15-17H2,1-3H3/q-1. The molecule has 1 saturated carbocycles. The lowest BCUT2D eigenvalue weighted by atomic mass is 9.65. The Morgan fingerprint density at radius 1 is 0.902 bits per heavy atom. The second-order valence-electron chi connectivity index (χ2n) is 10.6. The predicted molar refractivity (Wildman–Crippen MR) is 150 cm³/mol. The lowest BCUT2D eigenvalue weighted by Gasteiger charge is -2.47. The highest BCUT2D eigenvalue weighted by Gasteiger charge is 2.46. The van der Waals surface area contributed by atoms with Gasteiger partial charge < -0.3 is 49.5 Å². The average molecular weight is 571 g/mol. The molecule has 2 aromatic carbocycles. The number of aryl methyl sites for hydroxylation is 1. The summed E-state index contributed by atoms with van der Waals surface area (Å²) >= 11 is 0. The molecule has 0 amide bonds. The summed E-state index contributed by atoms with van der Waals surface area (Å²) in [7, 11) is 4.38. The summed E-state index contributed by atoms with van der Waals surface area (Å²) in [5, 5.41) is 53.3. The molecule has 0 saturated heterocycles. The fourth-order valence-electron chi connectivity index (χ4n) is 6.17. The number of aliphatic hydroxyl groups is 3. The van der Waals surface area contributed by atoms with E-state index < -0.39 is 36.9 Å². The number of rotatable bonds is 13. The van der Waals surface area contributed by atoms with Crippen molar-refractivity contribution in [3.63, 3.8) is 0 Å². The summed E-state index contributed by atoms with van der Waals surface area (Å²) in [6.07, 6.45) is 1.66. The lowest BCUT2D eigenvalue weighted by Crippen LogP contribution is -2.53. The van der Waals surface area contributed by atoms with Gasteiger partial charge in [-0.2, -0.15) is 11.9 Å². The fourth-order valence-corrected chi connectivity index (χ4v) is 6.17. The minimum atomic E-state index is -0.976. The lowest BCUT2D eigenvalue weighted by molar-refractivity contribution is -0.156. The Hall–Kier alpha value is -3.44. The van der Waals surface area contributed by atoms with E-state index in [-0.39, 0.29) is 28.9 Å². The van der Waals surface area contributed by atoms with Crippen LogP contribution in [0.4, 0.5) is 0 Å². The summed E-state index contributed by atoms with van der Waals surface area (Å²) in [5.74, 6) is -0.379. The number of aliphatic hydroxyl groups excluding tert-OH is 3. The van der Waals surface area contributed by atoms with Crippen LogP contribution in [0, 0.1) is 17.8 Å². The first-order valence-corrected chi connectivity index (χ1v) is 13.7. The van der Waals surface area contributed by atoms with Crippen molar-refractivity contribution in [1.82, 2.24) is 4.98 Å². The molecular formula is C31H40NO9-. The van der Waals surface area contributed by atoms with Crippen LogP contribution in [0.3, 0.4) is 0 Å². The Morgan fingerprint density at radius 3 is 2.20 bits per heavy atom. The van der Waals surface area contributed by atoms with Gasteiger partial charge in [0.15, 0.2) is 23.0 Å². The second-order valence-corrected chi connectivity index (χ2v) is 10.6. The van der Waals surface area contributed by atoms with Crippen molar-refractivity contribution < 1.29 is 44.5 Å². The monoisotopic (exact) mass is 570 g/mol. The van der Waals surface area contributed by atoms with Crippen molar-refractivity contribution in [2.45, 2.75) is 50.4 Å². The molecule has 1 aliphatic carbocycles. The molecule has 0 bridgehead atoms. The average Bonchev–Trinajstić information content (AvgIpc) is 3.48. The maximum Gasteiger partial charge on any atom is 0.200 e. The minimum absolute atomic E-state index is 0.0451. The molecule has 5 N–H and O–H groups in total. The second kappa shape index (κ2) is 14.0. The number of hydrogen-bond donors (Lipinski definition) is 5. The van der Waals surface area contributed by atoms with Crippen LogP contribution < -0.4 is 19.2 Å². The van der Waals surface area contributed by atoms with Gasteiger partial charge in [-0.15, -0.1) is 0 Å². The van der Waals surface area contributed by atoms with Crippen LogP contribution in [0.25, 0.3) is 0 Å². The largest absolute Gasteiger partial charge is 0.668 e. The van der Waals surface area contributed by atoms with Gasteiger partial charge in [-0.25, -0.2) is 0 Å². The van der Waals surface area contributed by atoms with E-state index in [1.807, 2.05) is 12.1 Å². The van der Waals surface area contributed by atoms with Crippen molar-refractivity contribution in [1.29, 1.82) is 0 Å². The molecule has 41 heavy (non-hydrogen) atoms. The third-order valence-corrected chi connectivity index (χ3v) is 8.19. The van der Waals surface area contributed by atoms with E-state index in [2.05, 4.69) is 4.98 Å². The van der Waals surface area contributed by atoms with Gasteiger partial charge in [0.2, 0.25) is 5.75 Å². The summed E-state index contributed by atoms with van der Waals surface area (Å²) in [6, 6.07) is 12.2. The number of phenolic OH excluding ortho intramolecular Hbond substituents is 2. The molecule has 3 aromatic rings. The van der Waals surface area contributed by atoms with Crippen LogP contribution in [0.1, 0.15) is 29.7 Å². The van der Waals surface area contributed by atoms with E-state index in [4.69, 9.17) is 18.9 Å². The number of hydrogen-bond acceptors (Lipinski definition) is 9. The molecule has 224 valence electrons. The van der Waals surface area contributed by atoms with Crippen LogP contribution >= 0.6 is 0 Å². The van der Waals surface area contributed by atoms with Crippen molar-refractivity contribution >= 4 is 0 Å². The number of ether oxygens (including phenoxy) is 4. The van der Waals surface area contributed by atoms with Gasteiger partial charge in [0.25, 0.3) is 0 Å². The van der Waals surface area contributed by atoms with E-state index in [0.29, 0.717) is 37.9 Å². The van der Waals surface area contributed by atoms with Crippen molar-refractivity contribution in [2.24, 2.45) is 17.8 Å². The minimum Gasteiger partial charge on any atom is -0.668 e. The third kappa shape index (κ3) is 7.08. The molecule has 10 nitrogen and oxygen atoms in total.